The predicted molar refractivity (Wildman–Crippen MR) is 76.3 cm³/mol. The minimum atomic E-state index is -4.31. The van der Waals surface area contributed by atoms with Crippen LogP contribution in [0.5, 0.6) is 0 Å². The van der Waals surface area contributed by atoms with Crippen molar-refractivity contribution in [3.05, 3.63) is 32.8 Å². The van der Waals surface area contributed by atoms with Crippen LogP contribution >= 0.6 is 22.3 Å². The van der Waals surface area contributed by atoms with Crippen molar-refractivity contribution < 1.29 is 18.1 Å². The molecule has 0 radical (unpaired) electrons. The number of benzene rings is 1. The van der Waals surface area contributed by atoms with Crippen molar-refractivity contribution in [3.63, 3.8) is 0 Å². The predicted octanol–water partition coefficient (Wildman–Crippen LogP) is 2.46. The van der Waals surface area contributed by atoms with Gasteiger partial charge in [-0.1, -0.05) is 11.6 Å². The number of rotatable bonds is 4. The largest absolute Gasteiger partial charge is 0.349 e. The Morgan fingerprint density at radius 3 is 2.43 bits per heavy atom. The number of carbonyl (C=O) groups is 1. The fourth-order valence-corrected chi connectivity index (χ4v) is 3.40. The number of carbonyl (C=O) groups excluding carboxylic acids is 1. The summed E-state index contributed by atoms with van der Waals surface area (Å²) >= 11 is 5.67. The molecule has 10 heteroatoms. The Balaban J connectivity index is 2.48. The minimum absolute atomic E-state index is 0.00305. The molecule has 0 spiro atoms. The number of nitrogens with one attached hydrogen (secondary N) is 1. The molecule has 1 aliphatic carbocycles. The van der Waals surface area contributed by atoms with Gasteiger partial charge in [0.05, 0.1) is 4.92 Å². The molecule has 7 nitrogen and oxygen atoms in total. The van der Waals surface area contributed by atoms with E-state index in [1.165, 1.54) is 0 Å². The standard InChI is InChI=1S/C11H10Cl2N2O5S/c12-10-8(15(17)18)4-6(5-9(10)21(13,19)20)11(16)14-7-2-1-3-7/h4-5,7H,1-3H2,(H,14,16). The summed E-state index contributed by atoms with van der Waals surface area (Å²) in [4.78, 5) is 21.4. The van der Waals surface area contributed by atoms with Crippen molar-refractivity contribution >= 4 is 42.9 Å². The third-order valence-electron chi connectivity index (χ3n) is 3.18. The lowest BCUT2D eigenvalue weighted by molar-refractivity contribution is -0.384. The lowest BCUT2D eigenvalue weighted by Gasteiger charge is -2.26. The fourth-order valence-electron chi connectivity index (χ4n) is 1.85. The van der Waals surface area contributed by atoms with E-state index in [4.69, 9.17) is 22.3 Å². The van der Waals surface area contributed by atoms with Crippen LogP contribution in [0.2, 0.25) is 5.02 Å². The molecule has 1 aromatic rings. The molecular formula is C11H10Cl2N2O5S. The van der Waals surface area contributed by atoms with Crippen molar-refractivity contribution in [1.82, 2.24) is 5.32 Å². The average Bonchev–Trinajstić information content (AvgIpc) is 2.31. The van der Waals surface area contributed by atoms with Gasteiger partial charge >= 0.3 is 0 Å². The van der Waals surface area contributed by atoms with Gasteiger partial charge in [0, 0.05) is 28.4 Å². The van der Waals surface area contributed by atoms with Crippen molar-refractivity contribution in [1.29, 1.82) is 0 Å². The van der Waals surface area contributed by atoms with E-state index in [1.54, 1.807) is 0 Å². The first-order chi connectivity index (χ1) is 9.70. The van der Waals surface area contributed by atoms with Crippen LogP contribution in [0.1, 0.15) is 29.6 Å². The Bertz CT molecular complexity index is 716. The lowest BCUT2D eigenvalue weighted by Crippen LogP contribution is -2.39. The Kier molecular flexibility index (Phi) is 4.40. The molecule has 2 rings (SSSR count). The summed E-state index contributed by atoms with van der Waals surface area (Å²) in [5.41, 5.74) is -0.852. The molecule has 0 aromatic heterocycles. The maximum absolute atomic E-state index is 12.0. The number of nitrogens with zero attached hydrogens (tertiary/aromatic N) is 1. The molecule has 1 N–H and O–H groups in total. The summed E-state index contributed by atoms with van der Waals surface area (Å²) in [6.45, 7) is 0. The molecule has 1 aliphatic rings. The summed E-state index contributed by atoms with van der Waals surface area (Å²) in [6.07, 6.45) is 2.64. The van der Waals surface area contributed by atoms with E-state index in [-0.39, 0.29) is 11.6 Å². The second-order valence-corrected chi connectivity index (χ2v) is 7.52. The Morgan fingerprint density at radius 1 is 1.38 bits per heavy atom. The molecule has 1 aromatic carbocycles. The highest BCUT2D eigenvalue weighted by molar-refractivity contribution is 8.13. The van der Waals surface area contributed by atoms with E-state index in [2.05, 4.69) is 5.32 Å². The molecule has 0 unspecified atom stereocenters. The Labute approximate surface area is 129 Å². The second kappa shape index (κ2) is 5.78. The fraction of sp³-hybridized carbons (Fsp3) is 0.364. The van der Waals surface area contributed by atoms with Gasteiger partial charge in [0.1, 0.15) is 9.92 Å². The van der Waals surface area contributed by atoms with E-state index in [1.807, 2.05) is 0 Å². The number of nitro groups is 1. The number of halogens is 2. The van der Waals surface area contributed by atoms with Crippen LogP contribution in [0, 0.1) is 10.1 Å². The first kappa shape index (κ1) is 16.0. The molecule has 1 saturated carbocycles. The van der Waals surface area contributed by atoms with Gasteiger partial charge in [-0.2, -0.15) is 0 Å². The highest BCUT2D eigenvalue weighted by atomic mass is 35.7. The van der Waals surface area contributed by atoms with E-state index in [9.17, 15) is 23.3 Å². The number of hydrogen-bond acceptors (Lipinski definition) is 5. The normalized spacial score (nSPS) is 15.3. The molecule has 0 saturated heterocycles. The maximum Gasteiger partial charge on any atom is 0.290 e. The zero-order chi connectivity index (χ0) is 15.8. The van der Waals surface area contributed by atoms with Gasteiger partial charge in [-0.3, -0.25) is 14.9 Å². The monoisotopic (exact) mass is 352 g/mol. The molecule has 0 bridgehead atoms. The van der Waals surface area contributed by atoms with E-state index >= 15 is 0 Å². The summed E-state index contributed by atoms with van der Waals surface area (Å²) in [7, 11) is 0.885. The van der Waals surface area contributed by atoms with Gasteiger partial charge in [0.15, 0.2) is 0 Å². The smallest absolute Gasteiger partial charge is 0.290 e. The van der Waals surface area contributed by atoms with Crippen LogP contribution in [0.4, 0.5) is 5.69 Å². The Hall–Kier alpha value is -1.38. The zero-order valence-corrected chi connectivity index (χ0v) is 12.8. The number of nitro benzene ring substituents is 1. The first-order valence-electron chi connectivity index (χ1n) is 5.93. The van der Waals surface area contributed by atoms with Crippen molar-refractivity contribution in [3.8, 4) is 0 Å². The van der Waals surface area contributed by atoms with Crippen LogP contribution in [-0.4, -0.2) is 25.3 Å². The van der Waals surface area contributed by atoms with E-state index < -0.39 is 35.5 Å². The number of hydrogen-bond donors (Lipinski definition) is 1. The van der Waals surface area contributed by atoms with Crippen LogP contribution in [0.25, 0.3) is 0 Å². The van der Waals surface area contributed by atoms with Gasteiger partial charge in [0.2, 0.25) is 0 Å². The topological polar surface area (TPSA) is 106 Å². The van der Waals surface area contributed by atoms with Crippen LogP contribution in [0.3, 0.4) is 0 Å². The molecule has 114 valence electrons. The van der Waals surface area contributed by atoms with Crippen molar-refractivity contribution in [2.24, 2.45) is 0 Å². The van der Waals surface area contributed by atoms with E-state index in [0.717, 1.165) is 31.4 Å². The van der Waals surface area contributed by atoms with Gasteiger partial charge in [0.25, 0.3) is 20.6 Å². The molecule has 0 aliphatic heterocycles. The third kappa shape index (κ3) is 3.45. The second-order valence-electron chi connectivity index (χ2n) is 4.60. The quantitative estimate of drug-likeness (QED) is 0.508. The van der Waals surface area contributed by atoms with Gasteiger partial charge in [-0.25, -0.2) is 8.42 Å². The minimum Gasteiger partial charge on any atom is -0.349 e. The summed E-state index contributed by atoms with van der Waals surface area (Å²) < 4.78 is 22.8. The number of amides is 1. The maximum atomic E-state index is 12.0. The molecule has 0 heterocycles. The summed E-state index contributed by atoms with van der Waals surface area (Å²) in [5.74, 6) is -0.596. The zero-order valence-electron chi connectivity index (χ0n) is 10.5. The SMILES string of the molecule is O=C(NC1CCC1)c1cc([N+](=O)[O-])c(Cl)c(S(=O)(=O)Cl)c1. The van der Waals surface area contributed by atoms with Crippen LogP contribution in [-0.2, 0) is 9.05 Å². The summed E-state index contributed by atoms with van der Waals surface area (Å²) in [5, 5.41) is 13.0. The van der Waals surface area contributed by atoms with Gasteiger partial charge < -0.3 is 5.32 Å². The van der Waals surface area contributed by atoms with Gasteiger partial charge in [-0.05, 0) is 25.3 Å². The van der Waals surface area contributed by atoms with Crippen molar-refractivity contribution in [2.75, 3.05) is 0 Å². The third-order valence-corrected chi connectivity index (χ3v) is 5.04. The van der Waals surface area contributed by atoms with Crippen LogP contribution < -0.4 is 5.32 Å². The van der Waals surface area contributed by atoms with Crippen LogP contribution in [0.15, 0.2) is 17.0 Å². The van der Waals surface area contributed by atoms with Gasteiger partial charge in [-0.15, -0.1) is 0 Å². The average molecular weight is 353 g/mol. The van der Waals surface area contributed by atoms with Crippen molar-refractivity contribution in [2.45, 2.75) is 30.2 Å². The Morgan fingerprint density at radius 2 is 2.00 bits per heavy atom. The first-order valence-corrected chi connectivity index (χ1v) is 8.62. The molecular weight excluding hydrogens is 343 g/mol. The summed E-state index contributed by atoms with van der Waals surface area (Å²) in [6, 6.07) is 1.87. The molecule has 1 fully saturated rings. The highest BCUT2D eigenvalue weighted by Crippen LogP contribution is 2.34. The van der Waals surface area contributed by atoms with E-state index in [0.29, 0.717) is 0 Å². The highest BCUT2D eigenvalue weighted by Gasteiger charge is 2.28. The molecule has 0 atom stereocenters. The lowest BCUT2D eigenvalue weighted by atomic mass is 9.93. The molecule has 1 amide bonds. The molecule has 21 heavy (non-hydrogen) atoms.